The molecule has 0 saturated carbocycles. The Labute approximate surface area is 279 Å². The number of nitrogens with zero attached hydrogens (tertiary/aromatic N) is 3. The van der Waals surface area contributed by atoms with Gasteiger partial charge in [-0.05, 0) is 74.3 Å². The van der Waals surface area contributed by atoms with Crippen LogP contribution >= 0.6 is 0 Å². The first-order valence-electron chi connectivity index (χ1n) is 16.5. The minimum absolute atomic E-state index is 0.109. The lowest BCUT2D eigenvalue weighted by molar-refractivity contribution is -0.136. The molecule has 2 saturated heterocycles. The molecule has 0 aliphatic carbocycles. The van der Waals surface area contributed by atoms with Crippen molar-refractivity contribution in [3.63, 3.8) is 0 Å². The van der Waals surface area contributed by atoms with Crippen LogP contribution in [-0.2, 0) is 14.3 Å². The summed E-state index contributed by atoms with van der Waals surface area (Å²) in [6.07, 6.45) is 3.57. The Bertz CT molecular complexity index is 1360. The van der Waals surface area contributed by atoms with Crippen LogP contribution in [0.2, 0.25) is 0 Å². The molecule has 0 radical (unpaired) electrons. The maximum absolute atomic E-state index is 12.3. The average molecular weight is 641 g/mol. The van der Waals surface area contributed by atoms with E-state index in [0.717, 1.165) is 54.9 Å². The van der Waals surface area contributed by atoms with Gasteiger partial charge >= 0.3 is 6.03 Å². The summed E-state index contributed by atoms with van der Waals surface area (Å²) in [5, 5.41) is 2.90. The van der Waals surface area contributed by atoms with E-state index in [1.165, 1.54) is 0 Å². The number of hydrogen-bond donors (Lipinski definition) is 1. The Hall–Kier alpha value is -4.36. The van der Waals surface area contributed by atoms with Crippen LogP contribution in [-0.4, -0.2) is 106 Å². The predicted octanol–water partition coefficient (Wildman–Crippen LogP) is 5.37. The Morgan fingerprint density at radius 1 is 0.894 bits per heavy atom. The zero-order valence-electron chi connectivity index (χ0n) is 27.7. The molecule has 1 unspecified atom stereocenters. The van der Waals surface area contributed by atoms with Gasteiger partial charge in [0.25, 0.3) is 0 Å². The average Bonchev–Trinajstić information content (AvgIpc) is 3.11. The molecule has 2 aliphatic heterocycles. The maximum Gasteiger partial charge on any atom is 0.321 e. The fraction of sp³-hybridized carbons (Fsp3) is 0.421. The zero-order chi connectivity index (χ0) is 33.1. The Kier molecular flexibility index (Phi) is 15.1. The number of ether oxygens (including phenoxy) is 3. The molecule has 250 valence electrons. The summed E-state index contributed by atoms with van der Waals surface area (Å²) < 4.78 is 16.2. The smallest absolute Gasteiger partial charge is 0.321 e. The number of rotatable bonds is 12. The monoisotopic (exact) mass is 640 g/mol. The number of urea groups is 1. The maximum atomic E-state index is 12.3. The molecule has 2 aliphatic rings. The van der Waals surface area contributed by atoms with Crippen LogP contribution < -0.4 is 10.1 Å². The standard InChI is InChI=1S/C24H38N4O5.C14H10/c1-26(24(30)25-20-5-7-22(31-2)8-6-20)11-3-4-12-27-13-9-21(27)19-33-16-10-23(29)28-14-17-32-18-15-28;1-3-7-13(8-4-1)11-12-14-9-5-2-6-10-14/h5-8,21H,3-4,9-19H2,1-2H3,(H,25,30);1-10H. The van der Waals surface area contributed by atoms with E-state index in [-0.39, 0.29) is 11.9 Å². The molecule has 2 fully saturated rings. The van der Waals surface area contributed by atoms with Crippen molar-refractivity contribution in [3.8, 4) is 17.6 Å². The molecule has 1 atom stereocenters. The highest BCUT2D eigenvalue weighted by Gasteiger charge is 2.27. The lowest BCUT2D eigenvalue weighted by Crippen LogP contribution is -2.50. The zero-order valence-corrected chi connectivity index (χ0v) is 27.7. The third-order valence-electron chi connectivity index (χ3n) is 8.18. The molecule has 0 aromatic heterocycles. The van der Waals surface area contributed by atoms with Crippen LogP contribution in [0.15, 0.2) is 84.9 Å². The first kappa shape index (κ1) is 35.5. The largest absolute Gasteiger partial charge is 0.497 e. The summed E-state index contributed by atoms with van der Waals surface area (Å²) in [7, 11) is 3.43. The normalized spacial score (nSPS) is 15.6. The summed E-state index contributed by atoms with van der Waals surface area (Å²) in [5.41, 5.74) is 2.86. The number of anilines is 1. The number of carbonyl (C=O) groups is 2. The molecule has 9 nitrogen and oxygen atoms in total. The lowest BCUT2D eigenvalue weighted by atomic mass is 10.0. The third kappa shape index (κ3) is 12.7. The molecule has 47 heavy (non-hydrogen) atoms. The second-order valence-corrected chi connectivity index (χ2v) is 11.6. The van der Waals surface area contributed by atoms with Crippen molar-refractivity contribution in [1.29, 1.82) is 0 Å². The Morgan fingerprint density at radius 2 is 1.53 bits per heavy atom. The number of nitrogens with one attached hydrogen (secondary N) is 1. The van der Waals surface area contributed by atoms with Crippen LogP contribution in [0.5, 0.6) is 5.75 Å². The number of carbonyl (C=O) groups excluding carboxylic acids is 2. The molecular formula is C38H48N4O5. The van der Waals surface area contributed by atoms with Gasteiger partial charge in [0, 0.05) is 56.1 Å². The van der Waals surface area contributed by atoms with Gasteiger partial charge in [-0.15, -0.1) is 0 Å². The van der Waals surface area contributed by atoms with E-state index in [1.54, 1.807) is 12.0 Å². The van der Waals surface area contributed by atoms with E-state index in [0.29, 0.717) is 58.5 Å². The molecular weight excluding hydrogens is 592 g/mol. The Balaban J connectivity index is 0.000000295. The number of benzene rings is 3. The summed E-state index contributed by atoms with van der Waals surface area (Å²) in [6.45, 7) is 6.61. The third-order valence-corrected chi connectivity index (χ3v) is 8.18. The van der Waals surface area contributed by atoms with Gasteiger partial charge in [-0.2, -0.15) is 0 Å². The molecule has 2 heterocycles. The lowest BCUT2D eigenvalue weighted by Gasteiger charge is -2.41. The van der Waals surface area contributed by atoms with Crippen molar-refractivity contribution >= 4 is 17.6 Å². The van der Waals surface area contributed by atoms with Crippen molar-refractivity contribution < 1.29 is 23.8 Å². The first-order chi connectivity index (χ1) is 23.0. The second-order valence-electron chi connectivity index (χ2n) is 11.6. The van der Waals surface area contributed by atoms with Gasteiger partial charge in [-0.3, -0.25) is 9.69 Å². The second kappa shape index (κ2) is 20.0. The number of amides is 3. The van der Waals surface area contributed by atoms with Gasteiger partial charge in [0.15, 0.2) is 0 Å². The fourth-order valence-corrected chi connectivity index (χ4v) is 5.17. The summed E-state index contributed by atoms with van der Waals surface area (Å²) in [5.74, 6) is 7.14. The van der Waals surface area contributed by atoms with Crippen LogP contribution in [0.3, 0.4) is 0 Å². The topological polar surface area (TPSA) is 83.6 Å². The molecule has 3 aromatic rings. The van der Waals surface area contributed by atoms with Crippen LogP contribution in [0.1, 0.15) is 36.8 Å². The van der Waals surface area contributed by atoms with E-state index < -0.39 is 0 Å². The summed E-state index contributed by atoms with van der Waals surface area (Å²) >= 11 is 0. The minimum atomic E-state index is -0.109. The van der Waals surface area contributed by atoms with E-state index in [2.05, 4.69) is 22.1 Å². The highest BCUT2D eigenvalue weighted by atomic mass is 16.5. The fourth-order valence-electron chi connectivity index (χ4n) is 5.17. The molecule has 5 rings (SSSR count). The SMILES string of the molecule is C(#Cc1ccccc1)c1ccccc1.COc1ccc(NC(=O)N(C)CCCCN2CCC2COCCC(=O)N2CCOCC2)cc1. The molecule has 0 spiro atoms. The molecule has 3 aromatic carbocycles. The molecule has 0 bridgehead atoms. The van der Waals surface area contributed by atoms with Gasteiger partial charge in [-0.25, -0.2) is 4.79 Å². The first-order valence-corrected chi connectivity index (χ1v) is 16.5. The van der Waals surface area contributed by atoms with E-state index in [4.69, 9.17) is 14.2 Å². The predicted molar refractivity (Wildman–Crippen MR) is 186 cm³/mol. The van der Waals surface area contributed by atoms with Gasteiger partial charge < -0.3 is 29.3 Å². The molecule has 1 N–H and O–H groups in total. The van der Waals surface area contributed by atoms with E-state index >= 15 is 0 Å². The van der Waals surface area contributed by atoms with Crippen molar-refractivity contribution in [2.45, 2.75) is 31.7 Å². The van der Waals surface area contributed by atoms with Gasteiger partial charge in [0.05, 0.1) is 40.0 Å². The van der Waals surface area contributed by atoms with Crippen molar-refractivity contribution in [2.24, 2.45) is 0 Å². The number of methoxy groups -OCH3 is 1. The van der Waals surface area contributed by atoms with Gasteiger partial charge in [-0.1, -0.05) is 48.2 Å². The minimum Gasteiger partial charge on any atom is -0.497 e. The van der Waals surface area contributed by atoms with E-state index in [9.17, 15) is 9.59 Å². The highest BCUT2D eigenvalue weighted by molar-refractivity contribution is 5.89. The quantitative estimate of drug-likeness (QED) is 0.212. The summed E-state index contributed by atoms with van der Waals surface area (Å²) in [6, 6.07) is 27.6. The number of unbranched alkanes of at least 4 members (excludes halogenated alkanes) is 1. The van der Waals surface area contributed by atoms with E-state index in [1.807, 2.05) is 96.9 Å². The molecule has 3 amide bonds. The molecule has 9 heteroatoms. The van der Waals surface area contributed by atoms with Crippen molar-refractivity contribution in [3.05, 3.63) is 96.1 Å². The van der Waals surface area contributed by atoms with Crippen LogP contribution in [0.25, 0.3) is 0 Å². The Morgan fingerprint density at radius 3 is 2.11 bits per heavy atom. The number of hydrogen-bond acceptors (Lipinski definition) is 6. The number of morpholine rings is 1. The van der Waals surface area contributed by atoms with Gasteiger partial charge in [0.1, 0.15) is 5.75 Å². The van der Waals surface area contributed by atoms with Crippen molar-refractivity contribution in [2.75, 3.05) is 78.6 Å². The number of likely N-dealkylation sites (tertiary alicyclic amines) is 1. The van der Waals surface area contributed by atoms with Crippen LogP contribution in [0.4, 0.5) is 10.5 Å². The van der Waals surface area contributed by atoms with Gasteiger partial charge in [0.2, 0.25) is 5.91 Å². The highest BCUT2D eigenvalue weighted by Crippen LogP contribution is 2.19. The van der Waals surface area contributed by atoms with Crippen molar-refractivity contribution in [1.82, 2.24) is 14.7 Å². The summed E-state index contributed by atoms with van der Waals surface area (Å²) in [4.78, 5) is 30.5. The van der Waals surface area contributed by atoms with Crippen LogP contribution in [0, 0.1) is 11.8 Å².